The normalized spacial score (nSPS) is 20.6. The number of para-hydroxylation sites is 1. The molecule has 2 unspecified atom stereocenters. The maximum absolute atomic E-state index is 5.82. The van der Waals surface area contributed by atoms with Gasteiger partial charge >= 0.3 is 0 Å². The van der Waals surface area contributed by atoms with Crippen molar-refractivity contribution in [2.24, 2.45) is 0 Å². The molecule has 20 heavy (non-hydrogen) atoms. The number of methoxy groups -OCH3 is 1. The van der Waals surface area contributed by atoms with Crippen molar-refractivity contribution in [2.75, 3.05) is 20.8 Å². The number of likely N-dealkylation sites (N-methyl/N-ethyl adjacent to an activating group) is 1. The largest absolute Gasteiger partial charge is 0.496 e. The van der Waals surface area contributed by atoms with Crippen molar-refractivity contribution in [1.29, 1.82) is 0 Å². The van der Waals surface area contributed by atoms with Gasteiger partial charge in [-0.2, -0.15) is 0 Å². The first-order chi connectivity index (χ1) is 9.83. The summed E-state index contributed by atoms with van der Waals surface area (Å²) in [5, 5.41) is 3.43. The Morgan fingerprint density at radius 2 is 2.20 bits per heavy atom. The lowest BCUT2D eigenvalue weighted by atomic mass is 9.97. The first kappa shape index (κ1) is 15.3. The van der Waals surface area contributed by atoms with E-state index in [1.54, 1.807) is 7.11 Å². The van der Waals surface area contributed by atoms with Crippen LogP contribution in [-0.2, 0) is 11.2 Å². The van der Waals surface area contributed by atoms with Crippen LogP contribution in [0.2, 0.25) is 0 Å². The number of nitrogens with one attached hydrogen (secondary N) is 1. The third-order valence-electron chi connectivity index (χ3n) is 4.18. The summed E-state index contributed by atoms with van der Waals surface area (Å²) < 4.78 is 11.2. The van der Waals surface area contributed by atoms with Gasteiger partial charge in [-0.25, -0.2) is 0 Å². The molecule has 3 nitrogen and oxygen atoms in total. The van der Waals surface area contributed by atoms with Gasteiger partial charge in [0, 0.05) is 12.6 Å². The number of hydrogen-bond acceptors (Lipinski definition) is 3. The highest BCUT2D eigenvalue weighted by molar-refractivity contribution is 5.33. The second kappa shape index (κ2) is 8.28. The highest BCUT2D eigenvalue weighted by atomic mass is 16.5. The maximum Gasteiger partial charge on any atom is 0.122 e. The zero-order chi connectivity index (χ0) is 14.2. The summed E-state index contributed by atoms with van der Waals surface area (Å²) in [4.78, 5) is 0. The lowest BCUT2D eigenvalue weighted by molar-refractivity contribution is 0.00869. The smallest absolute Gasteiger partial charge is 0.122 e. The molecule has 3 heteroatoms. The third-order valence-corrected chi connectivity index (χ3v) is 4.18. The first-order valence-electron chi connectivity index (χ1n) is 7.74. The molecule has 1 fully saturated rings. The molecule has 2 rings (SSSR count). The number of benzene rings is 1. The van der Waals surface area contributed by atoms with E-state index in [1.807, 2.05) is 19.2 Å². The van der Waals surface area contributed by atoms with Crippen LogP contribution in [0.4, 0.5) is 0 Å². The van der Waals surface area contributed by atoms with Gasteiger partial charge in [-0.15, -0.1) is 0 Å². The highest BCUT2D eigenvalue weighted by Crippen LogP contribution is 2.22. The molecule has 0 spiro atoms. The number of hydrogen-bond donors (Lipinski definition) is 1. The molecule has 1 N–H and O–H groups in total. The van der Waals surface area contributed by atoms with Gasteiger partial charge in [0.15, 0.2) is 0 Å². The van der Waals surface area contributed by atoms with Crippen LogP contribution in [-0.4, -0.2) is 32.9 Å². The summed E-state index contributed by atoms with van der Waals surface area (Å²) >= 11 is 0. The van der Waals surface area contributed by atoms with Crippen LogP contribution >= 0.6 is 0 Å². The zero-order valence-corrected chi connectivity index (χ0v) is 12.7. The van der Waals surface area contributed by atoms with Gasteiger partial charge in [0.1, 0.15) is 5.75 Å². The van der Waals surface area contributed by atoms with Crippen molar-refractivity contribution in [3.05, 3.63) is 29.8 Å². The molecule has 0 saturated carbocycles. The molecule has 1 aromatic carbocycles. The standard InChI is InChI=1S/C17H27NO2/c1-18-15(10-11-16-8-5-6-12-20-16)13-14-7-3-4-9-17(14)19-2/h3-4,7,9,15-16,18H,5-6,8,10-13H2,1-2H3. The SMILES string of the molecule is CNC(CCC1CCCCO1)Cc1ccccc1OC. The third kappa shape index (κ3) is 4.50. The summed E-state index contributed by atoms with van der Waals surface area (Å²) in [5.74, 6) is 0.988. The van der Waals surface area contributed by atoms with E-state index in [1.165, 1.54) is 24.8 Å². The van der Waals surface area contributed by atoms with Crippen LogP contribution in [0.15, 0.2) is 24.3 Å². The first-order valence-corrected chi connectivity index (χ1v) is 7.74. The highest BCUT2D eigenvalue weighted by Gasteiger charge is 2.17. The van der Waals surface area contributed by atoms with E-state index in [0.717, 1.165) is 31.6 Å². The number of ether oxygens (including phenoxy) is 2. The molecule has 112 valence electrons. The summed E-state index contributed by atoms with van der Waals surface area (Å²) in [5.41, 5.74) is 1.28. The molecule has 0 amide bonds. The van der Waals surface area contributed by atoms with E-state index < -0.39 is 0 Å². The monoisotopic (exact) mass is 277 g/mol. The molecule has 1 saturated heterocycles. The average molecular weight is 277 g/mol. The fraction of sp³-hybridized carbons (Fsp3) is 0.647. The molecular weight excluding hydrogens is 250 g/mol. The van der Waals surface area contributed by atoms with Crippen molar-refractivity contribution >= 4 is 0 Å². The second-order valence-electron chi connectivity index (χ2n) is 5.57. The Morgan fingerprint density at radius 1 is 1.35 bits per heavy atom. The summed E-state index contributed by atoms with van der Waals surface area (Å²) in [6.45, 7) is 0.946. The van der Waals surface area contributed by atoms with Crippen molar-refractivity contribution in [3.8, 4) is 5.75 Å². The van der Waals surface area contributed by atoms with Crippen LogP contribution in [0.25, 0.3) is 0 Å². The molecule has 0 aromatic heterocycles. The lowest BCUT2D eigenvalue weighted by Crippen LogP contribution is -2.30. The molecule has 0 radical (unpaired) electrons. The van der Waals surface area contributed by atoms with E-state index in [9.17, 15) is 0 Å². The Labute approximate surface area is 122 Å². The lowest BCUT2D eigenvalue weighted by Gasteiger charge is -2.25. The average Bonchev–Trinajstić information content (AvgIpc) is 2.52. The fourth-order valence-corrected chi connectivity index (χ4v) is 2.91. The van der Waals surface area contributed by atoms with Crippen molar-refractivity contribution in [3.63, 3.8) is 0 Å². The zero-order valence-electron chi connectivity index (χ0n) is 12.7. The van der Waals surface area contributed by atoms with Crippen LogP contribution in [0, 0.1) is 0 Å². The second-order valence-corrected chi connectivity index (χ2v) is 5.57. The quantitative estimate of drug-likeness (QED) is 0.830. The van der Waals surface area contributed by atoms with Gasteiger partial charge in [-0.1, -0.05) is 18.2 Å². The van der Waals surface area contributed by atoms with Gasteiger partial charge in [0.05, 0.1) is 13.2 Å². The van der Waals surface area contributed by atoms with E-state index in [0.29, 0.717) is 12.1 Å². The molecular formula is C17H27NO2. The Morgan fingerprint density at radius 3 is 2.90 bits per heavy atom. The van der Waals surface area contributed by atoms with Gasteiger partial charge < -0.3 is 14.8 Å². The van der Waals surface area contributed by atoms with Crippen LogP contribution in [0.5, 0.6) is 5.75 Å². The summed E-state index contributed by atoms with van der Waals surface area (Å²) in [6, 6.07) is 8.77. The van der Waals surface area contributed by atoms with E-state index in [-0.39, 0.29) is 0 Å². The van der Waals surface area contributed by atoms with Crippen LogP contribution in [0.3, 0.4) is 0 Å². The summed E-state index contributed by atoms with van der Waals surface area (Å²) in [7, 11) is 3.78. The topological polar surface area (TPSA) is 30.5 Å². The van der Waals surface area contributed by atoms with Gasteiger partial charge in [0.2, 0.25) is 0 Å². The van der Waals surface area contributed by atoms with Crippen molar-refractivity contribution in [2.45, 2.75) is 50.7 Å². The minimum absolute atomic E-state index is 0.470. The fourth-order valence-electron chi connectivity index (χ4n) is 2.91. The van der Waals surface area contributed by atoms with E-state index in [2.05, 4.69) is 17.4 Å². The van der Waals surface area contributed by atoms with Gasteiger partial charge in [0.25, 0.3) is 0 Å². The Kier molecular flexibility index (Phi) is 6.34. The van der Waals surface area contributed by atoms with Crippen molar-refractivity contribution in [1.82, 2.24) is 5.32 Å². The van der Waals surface area contributed by atoms with Gasteiger partial charge in [-0.05, 0) is 57.2 Å². The maximum atomic E-state index is 5.82. The Hall–Kier alpha value is -1.06. The molecule has 1 aromatic rings. The minimum atomic E-state index is 0.470. The molecule has 0 aliphatic carbocycles. The molecule has 1 heterocycles. The van der Waals surface area contributed by atoms with E-state index >= 15 is 0 Å². The summed E-state index contributed by atoms with van der Waals surface area (Å²) in [6.07, 6.45) is 7.56. The van der Waals surface area contributed by atoms with Crippen molar-refractivity contribution < 1.29 is 9.47 Å². The van der Waals surface area contributed by atoms with Crippen LogP contribution in [0.1, 0.15) is 37.7 Å². The Bertz CT molecular complexity index is 388. The Balaban J connectivity index is 1.84. The molecule has 0 bridgehead atoms. The minimum Gasteiger partial charge on any atom is -0.496 e. The van der Waals surface area contributed by atoms with Gasteiger partial charge in [-0.3, -0.25) is 0 Å². The predicted molar refractivity (Wildman–Crippen MR) is 82.4 cm³/mol. The molecule has 1 aliphatic heterocycles. The van der Waals surface area contributed by atoms with E-state index in [4.69, 9.17) is 9.47 Å². The predicted octanol–water partition coefficient (Wildman–Crippen LogP) is 3.18. The van der Waals surface area contributed by atoms with Crippen LogP contribution < -0.4 is 10.1 Å². The molecule has 1 aliphatic rings. The molecule has 2 atom stereocenters. The number of rotatable bonds is 7.